The van der Waals surface area contributed by atoms with E-state index in [0.717, 1.165) is 21.4 Å². The van der Waals surface area contributed by atoms with Crippen LogP contribution in [-0.2, 0) is 0 Å². The summed E-state index contributed by atoms with van der Waals surface area (Å²) in [5, 5.41) is 5.04. The molecule has 18 heavy (non-hydrogen) atoms. The van der Waals surface area contributed by atoms with Gasteiger partial charge < -0.3 is 0 Å². The van der Waals surface area contributed by atoms with Crippen LogP contribution in [0.5, 0.6) is 0 Å². The summed E-state index contributed by atoms with van der Waals surface area (Å²) < 4.78 is 1.04. The van der Waals surface area contributed by atoms with Gasteiger partial charge in [-0.25, -0.2) is 0 Å². The molecule has 0 radical (unpaired) electrons. The predicted octanol–water partition coefficient (Wildman–Crippen LogP) is 4.94. The van der Waals surface area contributed by atoms with Crippen molar-refractivity contribution in [1.29, 1.82) is 0 Å². The first kappa shape index (κ1) is 13.1. The average Bonchev–Trinajstić information content (AvgIpc) is 2.38. The molecule has 2 aromatic rings. The Hall–Kier alpha value is -1.32. The molecule has 0 saturated heterocycles. The third-order valence-corrected chi connectivity index (χ3v) is 3.20. The van der Waals surface area contributed by atoms with Crippen molar-refractivity contribution in [3.8, 4) is 0 Å². The van der Waals surface area contributed by atoms with Gasteiger partial charge in [0, 0.05) is 9.50 Å². The highest BCUT2D eigenvalue weighted by molar-refractivity contribution is 9.10. The Balaban J connectivity index is 2.11. The number of nitrogens with one attached hydrogen (secondary N) is 1. The zero-order chi connectivity index (χ0) is 13.0. The molecule has 2 rings (SSSR count). The van der Waals surface area contributed by atoms with Crippen molar-refractivity contribution < 1.29 is 0 Å². The largest absolute Gasteiger partial charge is 0.278 e. The Bertz CT molecular complexity index is 564. The van der Waals surface area contributed by atoms with Gasteiger partial charge in [-0.2, -0.15) is 5.10 Å². The number of hydrogen-bond acceptors (Lipinski definition) is 2. The maximum atomic E-state index is 5.94. The lowest BCUT2D eigenvalue weighted by Crippen LogP contribution is -1.99. The van der Waals surface area contributed by atoms with E-state index in [1.54, 1.807) is 0 Å². The molecule has 0 aliphatic carbocycles. The zero-order valence-electron chi connectivity index (χ0n) is 9.82. The molecular formula is C14H12BrClN2. The third kappa shape index (κ3) is 3.59. The van der Waals surface area contributed by atoms with Crippen molar-refractivity contribution in [2.45, 2.75) is 6.92 Å². The molecule has 0 amide bonds. The molecule has 0 fully saturated rings. The van der Waals surface area contributed by atoms with E-state index < -0.39 is 0 Å². The summed E-state index contributed by atoms with van der Waals surface area (Å²) in [6.45, 7) is 1.94. The Morgan fingerprint density at radius 2 is 1.89 bits per heavy atom. The third-order valence-electron chi connectivity index (χ3n) is 2.44. The van der Waals surface area contributed by atoms with Gasteiger partial charge in [0.1, 0.15) is 0 Å². The Labute approximate surface area is 120 Å². The summed E-state index contributed by atoms with van der Waals surface area (Å²) in [5.74, 6) is 0. The van der Waals surface area contributed by atoms with Gasteiger partial charge in [-0.15, -0.1) is 0 Å². The van der Waals surface area contributed by atoms with E-state index in [1.165, 1.54) is 0 Å². The van der Waals surface area contributed by atoms with Gasteiger partial charge in [-0.05, 0) is 48.9 Å². The number of hydrogen-bond donors (Lipinski definition) is 1. The molecule has 0 aromatic heterocycles. The molecule has 0 bridgehead atoms. The molecule has 0 atom stereocenters. The number of hydrazone groups is 1. The normalized spacial score (nSPS) is 11.4. The van der Waals surface area contributed by atoms with Crippen LogP contribution in [0.1, 0.15) is 12.5 Å². The lowest BCUT2D eigenvalue weighted by Gasteiger charge is -2.04. The second-order valence-corrected chi connectivity index (χ2v) is 5.18. The molecule has 0 saturated carbocycles. The molecule has 2 nitrogen and oxygen atoms in total. The van der Waals surface area contributed by atoms with E-state index in [9.17, 15) is 0 Å². The molecular weight excluding hydrogens is 312 g/mol. The van der Waals surface area contributed by atoms with Gasteiger partial charge in [0.25, 0.3) is 0 Å². The fraction of sp³-hybridized carbons (Fsp3) is 0.0714. The fourth-order valence-electron chi connectivity index (χ4n) is 1.45. The topological polar surface area (TPSA) is 24.4 Å². The SMILES string of the molecule is C/C(=N\Nc1ccc(Br)cc1)c1cccc(Cl)c1. The number of benzene rings is 2. The standard InChI is InChI=1S/C14H12BrClN2/c1-10(11-3-2-4-13(16)9-11)17-18-14-7-5-12(15)6-8-14/h2-9,18H,1H3/b17-10+. The molecule has 92 valence electrons. The summed E-state index contributed by atoms with van der Waals surface area (Å²) in [7, 11) is 0. The van der Waals surface area contributed by atoms with Crippen LogP contribution in [0, 0.1) is 0 Å². The lowest BCUT2D eigenvalue weighted by molar-refractivity contribution is 1.32. The molecule has 1 N–H and O–H groups in total. The molecule has 0 aliphatic heterocycles. The number of anilines is 1. The summed E-state index contributed by atoms with van der Waals surface area (Å²) in [4.78, 5) is 0. The van der Waals surface area contributed by atoms with Gasteiger partial charge in [-0.3, -0.25) is 5.43 Å². The fourth-order valence-corrected chi connectivity index (χ4v) is 1.91. The highest BCUT2D eigenvalue weighted by atomic mass is 79.9. The van der Waals surface area contributed by atoms with Crippen molar-refractivity contribution in [1.82, 2.24) is 0 Å². The van der Waals surface area contributed by atoms with Crippen LogP contribution in [0.4, 0.5) is 5.69 Å². The van der Waals surface area contributed by atoms with Crippen LogP contribution < -0.4 is 5.43 Å². The van der Waals surface area contributed by atoms with E-state index in [2.05, 4.69) is 26.5 Å². The number of rotatable bonds is 3. The van der Waals surface area contributed by atoms with Crippen LogP contribution >= 0.6 is 27.5 Å². The van der Waals surface area contributed by atoms with E-state index >= 15 is 0 Å². The van der Waals surface area contributed by atoms with Gasteiger partial charge in [0.2, 0.25) is 0 Å². The van der Waals surface area contributed by atoms with E-state index in [1.807, 2.05) is 55.5 Å². The zero-order valence-corrected chi connectivity index (χ0v) is 12.2. The maximum absolute atomic E-state index is 5.94. The van der Waals surface area contributed by atoms with Crippen molar-refractivity contribution in [3.05, 3.63) is 63.6 Å². The first-order chi connectivity index (χ1) is 8.65. The highest BCUT2D eigenvalue weighted by Crippen LogP contribution is 2.15. The van der Waals surface area contributed by atoms with Crippen molar-refractivity contribution >= 4 is 38.9 Å². The Kier molecular flexibility index (Phi) is 4.39. The summed E-state index contributed by atoms with van der Waals surface area (Å²) in [5.41, 5.74) is 5.85. The minimum atomic E-state index is 0.714. The Morgan fingerprint density at radius 3 is 2.56 bits per heavy atom. The minimum Gasteiger partial charge on any atom is -0.278 e. The van der Waals surface area contributed by atoms with Crippen molar-refractivity contribution in [3.63, 3.8) is 0 Å². The van der Waals surface area contributed by atoms with E-state index in [4.69, 9.17) is 11.6 Å². The maximum Gasteiger partial charge on any atom is 0.0649 e. The molecule has 0 heterocycles. The number of nitrogens with zero attached hydrogens (tertiary/aromatic N) is 1. The first-order valence-corrected chi connectivity index (χ1v) is 6.64. The molecule has 0 aliphatic rings. The van der Waals surface area contributed by atoms with Crippen LogP contribution in [0.2, 0.25) is 5.02 Å². The summed E-state index contributed by atoms with van der Waals surface area (Å²) in [6.07, 6.45) is 0. The van der Waals surface area contributed by atoms with Gasteiger partial charge in [-0.1, -0.05) is 39.7 Å². The highest BCUT2D eigenvalue weighted by Gasteiger charge is 1.98. The summed E-state index contributed by atoms with van der Waals surface area (Å²) >= 11 is 9.33. The molecule has 0 unspecified atom stereocenters. The quantitative estimate of drug-likeness (QED) is 0.628. The smallest absolute Gasteiger partial charge is 0.0649 e. The number of halogens is 2. The van der Waals surface area contributed by atoms with Gasteiger partial charge in [0.15, 0.2) is 0 Å². The average molecular weight is 324 g/mol. The molecule has 2 aromatic carbocycles. The Morgan fingerprint density at radius 1 is 1.17 bits per heavy atom. The van der Waals surface area contributed by atoms with Crippen LogP contribution in [-0.4, -0.2) is 5.71 Å². The van der Waals surface area contributed by atoms with Crippen LogP contribution in [0.15, 0.2) is 58.1 Å². The monoisotopic (exact) mass is 322 g/mol. The van der Waals surface area contributed by atoms with Crippen molar-refractivity contribution in [2.24, 2.45) is 5.10 Å². The molecule has 0 spiro atoms. The van der Waals surface area contributed by atoms with Crippen LogP contribution in [0.3, 0.4) is 0 Å². The second-order valence-electron chi connectivity index (χ2n) is 3.83. The lowest BCUT2D eigenvalue weighted by atomic mass is 10.1. The van der Waals surface area contributed by atoms with Crippen LogP contribution in [0.25, 0.3) is 0 Å². The second kappa shape index (κ2) is 6.03. The van der Waals surface area contributed by atoms with Gasteiger partial charge in [0.05, 0.1) is 11.4 Å². The minimum absolute atomic E-state index is 0.714. The van der Waals surface area contributed by atoms with E-state index in [0.29, 0.717) is 5.02 Å². The summed E-state index contributed by atoms with van der Waals surface area (Å²) in [6, 6.07) is 15.5. The van der Waals surface area contributed by atoms with Gasteiger partial charge >= 0.3 is 0 Å². The predicted molar refractivity (Wildman–Crippen MR) is 81.4 cm³/mol. The first-order valence-electron chi connectivity index (χ1n) is 5.47. The van der Waals surface area contributed by atoms with Crippen molar-refractivity contribution in [2.75, 3.05) is 5.43 Å². The molecule has 4 heteroatoms. The van der Waals surface area contributed by atoms with E-state index in [-0.39, 0.29) is 0 Å².